The van der Waals surface area contributed by atoms with Gasteiger partial charge in [0.15, 0.2) is 0 Å². The van der Waals surface area contributed by atoms with Crippen molar-refractivity contribution in [1.29, 1.82) is 0 Å². The Morgan fingerprint density at radius 3 is 2.53 bits per heavy atom. The fraction of sp³-hybridized carbons (Fsp3) is 0.300. The molecular formula is C10H8FNO3. The Bertz CT molecular complexity index is 419. The van der Waals surface area contributed by atoms with Crippen molar-refractivity contribution in [2.45, 2.75) is 18.3 Å². The Labute approximate surface area is 84.8 Å². The van der Waals surface area contributed by atoms with Crippen molar-refractivity contribution in [3.63, 3.8) is 0 Å². The van der Waals surface area contributed by atoms with E-state index in [4.69, 9.17) is 5.11 Å². The number of rotatable bonds is 2. The molecule has 1 aliphatic rings. The van der Waals surface area contributed by atoms with Crippen LogP contribution in [0, 0.1) is 5.95 Å². The number of hydrogen-bond donors (Lipinski definition) is 1. The molecule has 0 bridgehead atoms. The van der Waals surface area contributed by atoms with Crippen LogP contribution in [0.1, 0.15) is 18.4 Å². The van der Waals surface area contributed by atoms with E-state index in [9.17, 15) is 14.0 Å². The number of carbonyl (C=O) groups is 2. The van der Waals surface area contributed by atoms with Crippen LogP contribution in [-0.2, 0) is 15.0 Å². The summed E-state index contributed by atoms with van der Waals surface area (Å²) in [7, 11) is 0. The first-order chi connectivity index (χ1) is 7.04. The molecular weight excluding hydrogens is 201 g/mol. The van der Waals surface area contributed by atoms with E-state index in [1.54, 1.807) is 0 Å². The van der Waals surface area contributed by atoms with Crippen molar-refractivity contribution < 1.29 is 19.1 Å². The molecule has 1 aromatic rings. The van der Waals surface area contributed by atoms with Crippen molar-refractivity contribution in [2.75, 3.05) is 0 Å². The van der Waals surface area contributed by atoms with Crippen molar-refractivity contribution in [1.82, 2.24) is 4.98 Å². The number of carboxylic acids is 1. The summed E-state index contributed by atoms with van der Waals surface area (Å²) in [6.07, 6.45) is 1.11. The summed E-state index contributed by atoms with van der Waals surface area (Å²) in [5.41, 5.74) is -0.798. The molecule has 1 aliphatic carbocycles. The summed E-state index contributed by atoms with van der Waals surface area (Å²) >= 11 is 0. The zero-order valence-corrected chi connectivity index (χ0v) is 7.74. The topological polar surface area (TPSA) is 67.3 Å². The highest BCUT2D eigenvalue weighted by Gasteiger charge is 2.51. The molecule has 0 spiro atoms. The molecule has 0 saturated heterocycles. The van der Waals surface area contributed by atoms with Gasteiger partial charge in [-0.3, -0.25) is 9.59 Å². The Kier molecular flexibility index (Phi) is 2.03. The molecule has 4 nitrogen and oxygen atoms in total. The number of hydrogen-bond acceptors (Lipinski definition) is 3. The summed E-state index contributed by atoms with van der Waals surface area (Å²) in [4.78, 5) is 25.4. The number of aliphatic carboxylic acids is 1. The minimum absolute atomic E-state index is 0.0321. The number of halogens is 1. The van der Waals surface area contributed by atoms with E-state index in [-0.39, 0.29) is 18.6 Å². The molecule has 1 saturated carbocycles. The van der Waals surface area contributed by atoms with Crippen LogP contribution in [0.25, 0.3) is 0 Å². The fourth-order valence-electron chi connectivity index (χ4n) is 1.76. The average molecular weight is 209 g/mol. The maximum atomic E-state index is 12.5. The highest BCUT2D eigenvalue weighted by Crippen LogP contribution is 2.41. The van der Waals surface area contributed by atoms with Gasteiger partial charge in [0.25, 0.3) is 0 Å². The molecule has 1 N–H and O–H groups in total. The van der Waals surface area contributed by atoms with Gasteiger partial charge in [0.1, 0.15) is 11.2 Å². The number of pyridine rings is 1. The first-order valence-electron chi connectivity index (χ1n) is 4.42. The van der Waals surface area contributed by atoms with E-state index in [0.717, 1.165) is 6.07 Å². The second-order valence-corrected chi connectivity index (χ2v) is 3.65. The predicted molar refractivity (Wildman–Crippen MR) is 47.7 cm³/mol. The van der Waals surface area contributed by atoms with Crippen LogP contribution in [0.2, 0.25) is 0 Å². The molecule has 0 atom stereocenters. The van der Waals surface area contributed by atoms with E-state index >= 15 is 0 Å². The third kappa shape index (κ3) is 1.40. The standard InChI is InChI=1S/C10H8FNO3/c11-8-2-1-6(5-12-8)10(9(14)15)3-7(13)4-10/h1-2,5H,3-4H2,(H,14,15). The van der Waals surface area contributed by atoms with Crippen LogP contribution in [-0.4, -0.2) is 21.8 Å². The summed E-state index contributed by atoms with van der Waals surface area (Å²) in [6.45, 7) is 0. The lowest BCUT2D eigenvalue weighted by Crippen LogP contribution is -2.48. The van der Waals surface area contributed by atoms with Gasteiger partial charge in [-0.15, -0.1) is 0 Å². The van der Waals surface area contributed by atoms with Gasteiger partial charge in [0.2, 0.25) is 5.95 Å². The maximum absolute atomic E-state index is 12.5. The molecule has 2 rings (SSSR count). The SMILES string of the molecule is O=C1CC(C(=O)O)(c2ccc(F)nc2)C1. The second kappa shape index (κ2) is 3.12. The summed E-state index contributed by atoms with van der Waals surface area (Å²) in [5, 5.41) is 9.05. The lowest BCUT2D eigenvalue weighted by atomic mass is 9.64. The van der Waals surface area contributed by atoms with Crippen LogP contribution in [0.5, 0.6) is 0 Å². The molecule has 5 heteroatoms. The second-order valence-electron chi connectivity index (χ2n) is 3.65. The molecule has 0 radical (unpaired) electrons. The maximum Gasteiger partial charge on any atom is 0.315 e. The van der Waals surface area contributed by atoms with Crippen LogP contribution < -0.4 is 0 Å². The van der Waals surface area contributed by atoms with Crippen molar-refractivity contribution >= 4 is 11.8 Å². The highest BCUT2D eigenvalue weighted by molar-refractivity contribution is 6.01. The van der Waals surface area contributed by atoms with E-state index in [1.807, 2.05) is 0 Å². The van der Waals surface area contributed by atoms with Gasteiger partial charge in [-0.1, -0.05) is 6.07 Å². The lowest BCUT2D eigenvalue weighted by molar-refractivity contribution is -0.153. The normalized spacial score (nSPS) is 18.3. The molecule has 1 aromatic heterocycles. The Balaban J connectivity index is 2.38. The number of aromatic nitrogens is 1. The third-order valence-corrected chi connectivity index (χ3v) is 2.69. The van der Waals surface area contributed by atoms with E-state index in [2.05, 4.69) is 4.98 Å². The van der Waals surface area contributed by atoms with E-state index < -0.39 is 17.3 Å². The number of carboxylic acid groups (broad SMARTS) is 1. The molecule has 0 unspecified atom stereocenters. The van der Waals surface area contributed by atoms with E-state index in [0.29, 0.717) is 5.56 Å². The summed E-state index contributed by atoms with van der Waals surface area (Å²) < 4.78 is 12.5. The Hall–Kier alpha value is -1.78. The third-order valence-electron chi connectivity index (χ3n) is 2.69. The van der Waals surface area contributed by atoms with Gasteiger partial charge in [-0.05, 0) is 11.6 Å². The van der Waals surface area contributed by atoms with Gasteiger partial charge < -0.3 is 5.11 Å². The van der Waals surface area contributed by atoms with Crippen LogP contribution in [0.3, 0.4) is 0 Å². The Morgan fingerprint density at radius 2 is 2.13 bits per heavy atom. The minimum atomic E-state index is -1.18. The fourth-order valence-corrected chi connectivity index (χ4v) is 1.76. The highest BCUT2D eigenvalue weighted by atomic mass is 19.1. The molecule has 1 heterocycles. The first kappa shape index (κ1) is 9.76. The number of nitrogens with zero attached hydrogens (tertiary/aromatic N) is 1. The molecule has 1 fully saturated rings. The molecule has 0 aromatic carbocycles. The Morgan fingerprint density at radius 1 is 1.47 bits per heavy atom. The number of Topliss-reactive ketones (excluding diaryl/α,β-unsaturated/α-hetero) is 1. The van der Waals surface area contributed by atoms with Crippen molar-refractivity contribution in [2.24, 2.45) is 0 Å². The van der Waals surface area contributed by atoms with Gasteiger partial charge in [-0.25, -0.2) is 4.98 Å². The van der Waals surface area contributed by atoms with Crippen molar-refractivity contribution in [3.8, 4) is 0 Å². The van der Waals surface area contributed by atoms with Gasteiger partial charge in [0, 0.05) is 19.0 Å². The van der Waals surface area contributed by atoms with Crippen LogP contribution >= 0.6 is 0 Å². The smallest absolute Gasteiger partial charge is 0.315 e. The van der Waals surface area contributed by atoms with Crippen LogP contribution in [0.4, 0.5) is 4.39 Å². The van der Waals surface area contributed by atoms with Gasteiger partial charge >= 0.3 is 5.97 Å². The number of carbonyl (C=O) groups excluding carboxylic acids is 1. The zero-order chi connectivity index (χ0) is 11.1. The van der Waals surface area contributed by atoms with E-state index in [1.165, 1.54) is 12.3 Å². The lowest BCUT2D eigenvalue weighted by Gasteiger charge is -2.36. The average Bonchev–Trinajstić information content (AvgIpc) is 2.13. The molecule has 0 amide bonds. The largest absolute Gasteiger partial charge is 0.481 e. The molecule has 0 aliphatic heterocycles. The number of ketones is 1. The van der Waals surface area contributed by atoms with Crippen molar-refractivity contribution in [3.05, 3.63) is 29.8 Å². The summed E-state index contributed by atoms with van der Waals surface area (Å²) in [5.74, 6) is -1.82. The minimum Gasteiger partial charge on any atom is -0.481 e. The quantitative estimate of drug-likeness (QED) is 0.735. The van der Waals surface area contributed by atoms with Gasteiger partial charge in [0.05, 0.1) is 0 Å². The summed E-state index contributed by atoms with van der Waals surface area (Å²) in [6, 6.07) is 2.46. The molecule has 78 valence electrons. The predicted octanol–water partition coefficient (Wildman–Crippen LogP) is 0.906. The van der Waals surface area contributed by atoms with Gasteiger partial charge in [-0.2, -0.15) is 4.39 Å². The van der Waals surface area contributed by atoms with Crippen LogP contribution in [0.15, 0.2) is 18.3 Å². The first-order valence-corrected chi connectivity index (χ1v) is 4.42. The monoisotopic (exact) mass is 209 g/mol. The zero-order valence-electron chi connectivity index (χ0n) is 7.74. The molecule has 15 heavy (non-hydrogen) atoms.